The van der Waals surface area contributed by atoms with Gasteiger partial charge in [-0.2, -0.15) is 5.10 Å². The molecule has 0 atom stereocenters. The lowest BCUT2D eigenvalue weighted by molar-refractivity contribution is 0.766. The van der Waals surface area contributed by atoms with E-state index in [1.54, 1.807) is 34.9 Å². The SMILES string of the molecule is Cn1cc(Sc2cc(N)ccn2)cn1. The summed E-state index contributed by atoms with van der Waals surface area (Å²) in [6, 6.07) is 3.62. The van der Waals surface area contributed by atoms with Crippen molar-refractivity contribution in [2.75, 3.05) is 5.73 Å². The van der Waals surface area contributed by atoms with Crippen LogP contribution in [0.2, 0.25) is 0 Å². The van der Waals surface area contributed by atoms with E-state index in [4.69, 9.17) is 5.73 Å². The van der Waals surface area contributed by atoms with Gasteiger partial charge in [-0.05, 0) is 12.1 Å². The van der Waals surface area contributed by atoms with Crippen LogP contribution in [0.1, 0.15) is 0 Å². The largest absolute Gasteiger partial charge is 0.399 e. The van der Waals surface area contributed by atoms with E-state index in [-0.39, 0.29) is 0 Å². The maximum atomic E-state index is 5.64. The highest BCUT2D eigenvalue weighted by Crippen LogP contribution is 2.25. The number of aromatic nitrogens is 3. The number of aryl methyl sites for hydroxylation is 1. The molecule has 0 aliphatic rings. The summed E-state index contributed by atoms with van der Waals surface area (Å²) < 4.78 is 1.76. The van der Waals surface area contributed by atoms with E-state index in [0.717, 1.165) is 15.6 Å². The molecule has 0 aliphatic carbocycles. The minimum absolute atomic E-state index is 0.728. The Labute approximate surface area is 86.1 Å². The van der Waals surface area contributed by atoms with Crippen LogP contribution in [-0.2, 0) is 7.05 Å². The predicted octanol–water partition coefficient (Wildman–Crippen LogP) is 1.55. The number of nitrogens with two attached hydrogens (primary N) is 1. The van der Waals surface area contributed by atoms with E-state index in [1.807, 2.05) is 19.3 Å². The van der Waals surface area contributed by atoms with Crippen molar-refractivity contribution in [3.63, 3.8) is 0 Å². The van der Waals surface area contributed by atoms with Gasteiger partial charge in [-0.25, -0.2) is 4.98 Å². The third-order valence-corrected chi connectivity index (χ3v) is 2.54. The molecule has 0 fully saturated rings. The molecular formula is C9H10N4S. The molecule has 0 saturated carbocycles. The van der Waals surface area contributed by atoms with Gasteiger partial charge in [-0.15, -0.1) is 0 Å². The summed E-state index contributed by atoms with van der Waals surface area (Å²) >= 11 is 1.55. The zero-order chi connectivity index (χ0) is 9.97. The standard InChI is InChI=1S/C9H10N4S/c1-13-6-8(5-12-13)14-9-4-7(10)2-3-11-9/h2-6H,1H3,(H2,10,11). The van der Waals surface area contributed by atoms with Crippen molar-refractivity contribution in [2.24, 2.45) is 7.05 Å². The van der Waals surface area contributed by atoms with Crippen molar-refractivity contribution in [3.8, 4) is 0 Å². The zero-order valence-electron chi connectivity index (χ0n) is 7.71. The van der Waals surface area contributed by atoms with Crippen LogP contribution >= 0.6 is 11.8 Å². The van der Waals surface area contributed by atoms with Crippen molar-refractivity contribution in [1.82, 2.24) is 14.8 Å². The molecule has 0 radical (unpaired) electrons. The first-order valence-electron chi connectivity index (χ1n) is 4.12. The van der Waals surface area contributed by atoms with Crippen molar-refractivity contribution in [2.45, 2.75) is 9.92 Å². The molecule has 72 valence electrons. The highest BCUT2D eigenvalue weighted by Gasteiger charge is 2.00. The Morgan fingerprint density at radius 1 is 1.50 bits per heavy atom. The third-order valence-electron chi connectivity index (χ3n) is 1.66. The Bertz CT molecular complexity index is 438. The number of anilines is 1. The fourth-order valence-electron chi connectivity index (χ4n) is 1.05. The lowest BCUT2D eigenvalue weighted by atomic mass is 10.4. The fourth-order valence-corrected chi connectivity index (χ4v) is 1.91. The van der Waals surface area contributed by atoms with Crippen LogP contribution in [0.3, 0.4) is 0 Å². The molecule has 5 heteroatoms. The van der Waals surface area contributed by atoms with Crippen LogP contribution < -0.4 is 5.73 Å². The number of hydrogen-bond donors (Lipinski definition) is 1. The Morgan fingerprint density at radius 3 is 3.00 bits per heavy atom. The molecule has 2 heterocycles. The normalized spacial score (nSPS) is 10.4. The molecule has 0 amide bonds. The van der Waals surface area contributed by atoms with Crippen molar-refractivity contribution in [3.05, 3.63) is 30.7 Å². The predicted molar refractivity (Wildman–Crippen MR) is 56.0 cm³/mol. The fraction of sp³-hybridized carbons (Fsp3) is 0.111. The number of nitrogens with zero attached hydrogens (tertiary/aromatic N) is 3. The second-order valence-corrected chi connectivity index (χ2v) is 3.97. The summed E-state index contributed by atoms with van der Waals surface area (Å²) in [6.45, 7) is 0. The van der Waals surface area contributed by atoms with Crippen molar-refractivity contribution in [1.29, 1.82) is 0 Å². The molecule has 0 saturated heterocycles. The van der Waals surface area contributed by atoms with E-state index in [9.17, 15) is 0 Å². The molecule has 2 rings (SSSR count). The monoisotopic (exact) mass is 206 g/mol. The van der Waals surface area contributed by atoms with Gasteiger partial charge in [0.25, 0.3) is 0 Å². The summed E-state index contributed by atoms with van der Waals surface area (Å²) in [5.41, 5.74) is 6.37. The smallest absolute Gasteiger partial charge is 0.103 e. The maximum Gasteiger partial charge on any atom is 0.103 e. The van der Waals surface area contributed by atoms with Crippen LogP contribution in [0.15, 0.2) is 40.6 Å². The quantitative estimate of drug-likeness (QED) is 0.810. The van der Waals surface area contributed by atoms with Gasteiger partial charge in [-0.3, -0.25) is 4.68 Å². The third kappa shape index (κ3) is 2.05. The number of nitrogen functional groups attached to an aromatic ring is 1. The molecule has 2 aromatic rings. The lowest BCUT2D eigenvalue weighted by Crippen LogP contribution is -1.86. The summed E-state index contributed by atoms with van der Waals surface area (Å²) in [5, 5.41) is 4.96. The van der Waals surface area contributed by atoms with Gasteiger partial charge >= 0.3 is 0 Å². The van der Waals surface area contributed by atoms with Crippen LogP contribution in [0.5, 0.6) is 0 Å². The molecule has 2 N–H and O–H groups in total. The molecule has 0 unspecified atom stereocenters. The highest BCUT2D eigenvalue weighted by molar-refractivity contribution is 7.99. The second kappa shape index (κ2) is 3.71. The Kier molecular flexibility index (Phi) is 2.41. The van der Waals surface area contributed by atoms with Crippen molar-refractivity contribution < 1.29 is 0 Å². The van der Waals surface area contributed by atoms with E-state index in [2.05, 4.69) is 10.1 Å². The van der Waals surface area contributed by atoms with Gasteiger partial charge in [0.15, 0.2) is 0 Å². The van der Waals surface area contributed by atoms with Gasteiger partial charge in [0.1, 0.15) is 5.03 Å². The molecule has 0 bridgehead atoms. The molecule has 0 spiro atoms. The molecule has 0 aliphatic heterocycles. The first-order valence-corrected chi connectivity index (χ1v) is 4.94. The minimum atomic E-state index is 0.728. The number of hydrogen-bond acceptors (Lipinski definition) is 4. The number of rotatable bonds is 2. The molecule has 14 heavy (non-hydrogen) atoms. The average Bonchev–Trinajstić information content (AvgIpc) is 2.51. The van der Waals surface area contributed by atoms with Crippen molar-refractivity contribution >= 4 is 17.4 Å². The first kappa shape index (κ1) is 9.08. The lowest BCUT2D eigenvalue weighted by Gasteiger charge is -1.97. The van der Waals surface area contributed by atoms with Gasteiger partial charge in [-0.1, -0.05) is 11.8 Å². The van der Waals surface area contributed by atoms with Gasteiger partial charge in [0, 0.05) is 25.1 Å². The molecular weight excluding hydrogens is 196 g/mol. The van der Waals surface area contributed by atoms with Gasteiger partial charge in [0.05, 0.1) is 11.1 Å². The second-order valence-electron chi connectivity index (χ2n) is 2.88. The average molecular weight is 206 g/mol. The van der Waals surface area contributed by atoms with Gasteiger partial charge in [0.2, 0.25) is 0 Å². The summed E-state index contributed by atoms with van der Waals surface area (Å²) in [4.78, 5) is 5.25. The minimum Gasteiger partial charge on any atom is -0.399 e. The van der Waals surface area contributed by atoms with Crippen LogP contribution in [0.4, 0.5) is 5.69 Å². The Hall–Kier alpha value is -1.49. The molecule has 4 nitrogen and oxygen atoms in total. The summed E-state index contributed by atoms with van der Waals surface area (Å²) in [5.74, 6) is 0. The van der Waals surface area contributed by atoms with E-state index < -0.39 is 0 Å². The molecule has 0 aromatic carbocycles. The topological polar surface area (TPSA) is 56.7 Å². The summed E-state index contributed by atoms with van der Waals surface area (Å²) in [7, 11) is 1.89. The summed E-state index contributed by atoms with van der Waals surface area (Å²) in [6.07, 6.45) is 5.44. The van der Waals surface area contributed by atoms with E-state index >= 15 is 0 Å². The zero-order valence-corrected chi connectivity index (χ0v) is 8.53. The number of pyridine rings is 1. The van der Waals surface area contributed by atoms with Crippen LogP contribution in [-0.4, -0.2) is 14.8 Å². The van der Waals surface area contributed by atoms with E-state index in [1.165, 1.54) is 0 Å². The molecule has 2 aromatic heterocycles. The van der Waals surface area contributed by atoms with Crippen LogP contribution in [0.25, 0.3) is 0 Å². The first-order chi connectivity index (χ1) is 6.74. The van der Waals surface area contributed by atoms with Crippen LogP contribution in [0, 0.1) is 0 Å². The van der Waals surface area contributed by atoms with Gasteiger partial charge < -0.3 is 5.73 Å². The maximum absolute atomic E-state index is 5.64. The Balaban J connectivity index is 2.18. The highest BCUT2D eigenvalue weighted by atomic mass is 32.2. The Morgan fingerprint density at radius 2 is 2.36 bits per heavy atom. The van der Waals surface area contributed by atoms with E-state index in [0.29, 0.717) is 0 Å².